The summed E-state index contributed by atoms with van der Waals surface area (Å²) in [4.78, 5) is 38.4. The molecule has 1 fully saturated rings. The zero-order chi connectivity index (χ0) is 19.8. The van der Waals surface area contributed by atoms with E-state index in [0.717, 1.165) is 29.7 Å². The molecule has 1 unspecified atom stereocenters. The van der Waals surface area contributed by atoms with Gasteiger partial charge >= 0.3 is 5.97 Å². The topological polar surface area (TPSA) is 87.7 Å². The maximum Gasteiger partial charge on any atom is 0.308 e. The highest BCUT2D eigenvalue weighted by atomic mass is 16.5. The number of rotatable bonds is 8. The van der Waals surface area contributed by atoms with E-state index in [1.807, 2.05) is 39.0 Å². The van der Waals surface area contributed by atoms with Crippen molar-refractivity contribution in [1.82, 2.24) is 10.2 Å². The van der Waals surface area contributed by atoms with E-state index in [9.17, 15) is 14.4 Å². The normalized spacial score (nSPS) is 16.6. The number of ether oxygens (including phenoxy) is 1. The van der Waals surface area contributed by atoms with Crippen molar-refractivity contribution in [2.75, 3.05) is 31.6 Å². The van der Waals surface area contributed by atoms with E-state index >= 15 is 0 Å². The molecule has 1 heterocycles. The van der Waals surface area contributed by atoms with Crippen LogP contribution in [0.1, 0.15) is 37.3 Å². The van der Waals surface area contributed by atoms with Crippen molar-refractivity contribution in [2.24, 2.45) is 0 Å². The van der Waals surface area contributed by atoms with Gasteiger partial charge in [0.05, 0.1) is 19.6 Å². The van der Waals surface area contributed by atoms with Gasteiger partial charge in [0, 0.05) is 18.8 Å². The Kier molecular flexibility index (Phi) is 7.64. The molecule has 27 heavy (non-hydrogen) atoms. The highest BCUT2D eigenvalue weighted by Crippen LogP contribution is 2.17. The smallest absolute Gasteiger partial charge is 0.308 e. The van der Waals surface area contributed by atoms with Crippen LogP contribution in [0.4, 0.5) is 5.69 Å². The maximum atomic E-state index is 12.7. The molecular formula is C20H29N3O4. The first-order valence-electron chi connectivity index (χ1n) is 9.46. The molecule has 1 atom stereocenters. The number of carbonyl (C=O) groups is 3. The summed E-state index contributed by atoms with van der Waals surface area (Å²) in [6.07, 6.45) is 1.58. The molecule has 1 aliphatic heterocycles. The van der Waals surface area contributed by atoms with Gasteiger partial charge in [-0.1, -0.05) is 25.5 Å². The molecule has 1 aromatic carbocycles. The number of esters is 1. The molecule has 0 radical (unpaired) electrons. The van der Waals surface area contributed by atoms with Crippen molar-refractivity contribution in [3.63, 3.8) is 0 Å². The summed E-state index contributed by atoms with van der Waals surface area (Å²) < 4.78 is 5.15. The fraction of sp³-hybridized carbons (Fsp3) is 0.550. The zero-order valence-electron chi connectivity index (χ0n) is 16.3. The number of hydrogen-bond acceptors (Lipinski definition) is 5. The first-order chi connectivity index (χ1) is 12.9. The summed E-state index contributed by atoms with van der Waals surface area (Å²) >= 11 is 0. The number of benzene rings is 1. The van der Waals surface area contributed by atoms with Crippen LogP contribution < -0.4 is 10.6 Å². The van der Waals surface area contributed by atoms with Gasteiger partial charge < -0.3 is 20.3 Å². The molecule has 0 aromatic heterocycles. The van der Waals surface area contributed by atoms with Crippen LogP contribution in [0.2, 0.25) is 0 Å². The third-order valence-corrected chi connectivity index (χ3v) is 4.60. The SMILES string of the molecule is CCCCOC(=O)CC1C(=O)NCCN1C(=O)CNc1cc(C)ccc1C. The average Bonchev–Trinajstić information content (AvgIpc) is 2.64. The summed E-state index contributed by atoms with van der Waals surface area (Å²) in [5.74, 6) is -0.975. The van der Waals surface area contributed by atoms with Crippen LogP contribution in [0.15, 0.2) is 18.2 Å². The Morgan fingerprint density at radius 3 is 2.85 bits per heavy atom. The minimum Gasteiger partial charge on any atom is -0.466 e. The van der Waals surface area contributed by atoms with Crippen molar-refractivity contribution >= 4 is 23.5 Å². The third kappa shape index (κ3) is 5.98. The van der Waals surface area contributed by atoms with E-state index in [1.54, 1.807) is 0 Å². The van der Waals surface area contributed by atoms with Gasteiger partial charge in [0.15, 0.2) is 0 Å². The molecule has 7 nitrogen and oxygen atoms in total. The second-order valence-corrected chi connectivity index (χ2v) is 6.84. The molecular weight excluding hydrogens is 346 g/mol. The second-order valence-electron chi connectivity index (χ2n) is 6.84. The quantitative estimate of drug-likeness (QED) is 0.534. The number of piperazine rings is 1. The van der Waals surface area contributed by atoms with Crippen molar-refractivity contribution < 1.29 is 19.1 Å². The average molecular weight is 375 g/mol. The van der Waals surface area contributed by atoms with Crippen molar-refractivity contribution in [2.45, 2.75) is 46.1 Å². The standard InChI is InChI=1S/C20H29N3O4/c1-4-5-10-27-19(25)12-17-20(26)21-8-9-23(17)18(24)13-22-16-11-14(2)6-7-15(16)3/h6-7,11,17,22H,4-5,8-10,12-13H2,1-3H3,(H,21,26). The molecule has 1 aromatic rings. The lowest BCUT2D eigenvalue weighted by atomic mass is 10.1. The molecule has 0 aliphatic carbocycles. The minimum absolute atomic E-state index is 0.0684. The van der Waals surface area contributed by atoms with Crippen LogP contribution in [0, 0.1) is 13.8 Å². The molecule has 1 saturated heterocycles. The van der Waals surface area contributed by atoms with Gasteiger partial charge in [-0.2, -0.15) is 0 Å². The Hall–Kier alpha value is -2.57. The van der Waals surface area contributed by atoms with E-state index in [-0.39, 0.29) is 24.8 Å². The Balaban J connectivity index is 1.97. The third-order valence-electron chi connectivity index (χ3n) is 4.60. The van der Waals surface area contributed by atoms with Crippen LogP contribution in [0.5, 0.6) is 0 Å². The number of hydrogen-bond donors (Lipinski definition) is 2. The lowest BCUT2D eigenvalue weighted by Crippen LogP contribution is -2.58. The summed E-state index contributed by atoms with van der Waals surface area (Å²) in [6.45, 7) is 7.13. The maximum absolute atomic E-state index is 12.7. The zero-order valence-corrected chi connectivity index (χ0v) is 16.3. The second kappa shape index (κ2) is 9.94. The van der Waals surface area contributed by atoms with Crippen LogP contribution in [0.25, 0.3) is 0 Å². The van der Waals surface area contributed by atoms with Crippen LogP contribution in [-0.2, 0) is 19.1 Å². The Morgan fingerprint density at radius 2 is 2.11 bits per heavy atom. The minimum atomic E-state index is -0.819. The van der Waals surface area contributed by atoms with Gasteiger partial charge in [-0.3, -0.25) is 14.4 Å². The molecule has 7 heteroatoms. The van der Waals surface area contributed by atoms with Crippen molar-refractivity contribution in [1.29, 1.82) is 0 Å². The summed E-state index contributed by atoms with van der Waals surface area (Å²) in [5, 5.41) is 5.86. The number of unbranched alkanes of at least 4 members (excludes halogenated alkanes) is 1. The predicted octanol–water partition coefficient (Wildman–Crippen LogP) is 1.78. The highest BCUT2D eigenvalue weighted by molar-refractivity contribution is 5.93. The van der Waals surface area contributed by atoms with Gasteiger partial charge in [0.1, 0.15) is 6.04 Å². The first kappa shape index (κ1) is 20.7. The Bertz CT molecular complexity index is 690. The number of amides is 2. The number of nitrogens with zero attached hydrogens (tertiary/aromatic N) is 1. The predicted molar refractivity (Wildman–Crippen MR) is 103 cm³/mol. The number of anilines is 1. The lowest BCUT2D eigenvalue weighted by molar-refractivity contribution is -0.151. The highest BCUT2D eigenvalue weighted by Gasteiger charge is 2.34. The van der Waals surface area contributed by atoms with Gasteiger partial charge in [0.2, 0.25) is 11.8 Å². The monoisotopic (exact) mass is 375 g/mol. The lowest BCUT2D eigenvalue weighted by Gasteiger charge is -2.34. The fourth-order valence-corrected chi connectivity index (χ4v) is 2.96. The fourth-order valence-electron chi connectivity index (χ4n) is 2.96. The van der Waals surface area contributed by atoms with E-state index in [4.69, 9.17) is 4.74 Å². The van der Waals surface area contributed by atoms with Crippen LogP contribution in [-0.4, -0.2) is 55.0 Å². The summed E-state index contributed by atoms with van der Waals surface area (Å²) in [5.41, 5.74) is 3.03. The molecule has 0 saturated carbocycles. The van der Waals surface area contributed by atoms with Gasteiger partial charge in [-0.25, -0.2) is 0 Å². The summed E-state index contributed by atoms with van der Waals surface area (Å²) in [7, 11) is 0. The van der Waals surface area contributed by atoms with E-state index in [2.05, 4.69) is 10.6 Å². The molecule has 2 amide bonds. The van der Waals surface area contributed by atoms with E-state index < -0.39 is 12.0 Å². The Morgan fingerprint density at radius 1 is 1.33 bits per heavy atom. The van der Waals surface area contributed by atoms with E-state index in [1.165, 1.54) is 4.90 Å². The largest absolute Gasteiger partial charge is 0.466 e. The van der Waals surface area contributed by atoms with E-state index in [0.29, 0.717) is 19.7 Å². The van der Waals surface area contributed by atoms with Crippen LogP contribution >= 0.6 is 0 Å². The summed E-state index contributed by atoms with van der Waals surface area (Å²) in [6, 6.07) is 5.16. The Labute approximate surface area is 160 Å². The van der Waals surface area contributed by atoms with Gasteiger partial charge in [-0.05, 0) is 37.5 Å². The molecule has 1 aliphatic rings. The number of carbonyl (C=O) groups excluding carboxylic acids is 3. The molecule has 2 rings (SSSR count). The van der Waals surface area contributed by atoms with Gasteiger partial charge in [0.25, 0.3) is 0 Å². The number of aryl methyl sites for hydroxylation is 2. The molecule has 0 bridgehead atoms. The van der Waals surface area contributed by atoms with Crippen molar-refractivity contribution in [3.8, 4) is 0 Å². The first-order valence-corrected chi connectivity index (χ1v) is 9.46. The molecule has 148 valence electrons. The number of nitrogens with one attached hydrogen (secondary N) is 2. The van der Waals surface area contributed by atoms with Gasteiger partial charge in [-0.15, -0.1) is 0 Å². The van der Waals surface area contributed by atoms with Crippen LogP contribution in [0.3, 0.4) is 0 Å². The molecule has 2 N–H and O–H groups in total. The molecule has 0 spiro atoms. The van der Waals surface area contributed by atoms with Crippen molar-refractivity contribution in [3.05, 3.63) is 29.3 Å².